The Hall–Kier alpha value is -3.98. The SMILES string of the molecule is COc1ccc(OC)c(C2/C(=C(/O)c3ccc(OC)c(Cl)c3)C(=O)C(=O)N2CCCn2ccnc2)c1. The predicted molar refractivity (Wildman–Crippen MR) is 133 cm³/mol. The summed E-state index contributed by atoms with van der Waals surface area (Å²) in [5.41, 5.74) is 0.735. The average Bonchev–Trinajstić information content (AvgIpc) is 3.50. The first-order valence-electron chi connectivity index (χ1n) is 11.2. The van der Waals surface area contributed by atoms with Crippen LogP contribution in [0.3, 0.4) is 0 Å². The number of aromatic nitrogens is 2. The van der Waals surface area contributed by atoms with Gasteiger partial charge in [0.25, 0.3) is 11.7 Å². The number of hydrogen-bond donors (Lipinski definition) is 1. The lowest BCUT2D eigenvalue weighted by Gasteiger charge is -2.27. The van der Waals surface area contributed by atoms with Gasteiger partial charge in [-0.15, -0.1) is 0 Å². The molecule has 0 bridgehead atoms. The van der Waals surface area contributed by atoms with Gasteiger partial charge in [-0.25, -0.2) is 4.98 Å². The summed E-state index contributed by atoms with van der Waals surface area (Å²) in [6, 6.07) is 8.86. The van der Waals surface area contributed by atoms with Crippen molar-refractivity contribution in [1.82, 2.24) is 14.5 Å². The van der Waals surface area contributed by atoms with E-state index in [-0.39, 0.29) is 28.5 Å². The van der Waals surface area contributed by atoms with E-state index in [2.05, 4.69) is 4.98 Å². The Balaban J connectivity index is 1.83. The number of rotatable bonds is 9. The molecule has 4 rings (SSSR count). The number of benzene rings is 2. The van der Waals surface area contributed by atoms with E-state index in [1.807, 2.05) is 10.8 Å². The van der Waals surface area contributed by atoms with Crippen LogP contribution in [-0.2, 0) is 16.1 Å². The molecule has 0 spiro atoms. The molecular weight excluding hydrogens is 486 g/mol. The van der Waals surface area contributed by atoms with Gasteiger partial charge >= 0.3 is 0 Å². The van der Waals surface area contributed by atoms with Gasteiger partial charge in [0.1, 0.15) is 23.0 Å². The molecule has 1 aromatic heterocycles. The molecule has 1 unspecified atom stereocenters. The number of carbonyl (C=O) groups is 2. The second-order valence-electron chi connectivity index (χ2n) is 8.10. The maximum atomic E-state index is 13.3. The van der Waals surface area contributed by atoms with E-state index in [1.165, 1.54) is 32.3 Å². The van der Waals surface area contributed by atoms with Crippen molar-refractivity contribution in [2.24, 2.45) is 0 Å². The molecule has 2 aromatic carbocycles. The fourth-order valence-electron chi connectivity index (χ4n) is 4.30. The van der Waals surface area contributed by atoms with Gasteiger partial charge in [0.15, 0.2) is 0 Å². The molecule has 36 heavy (non-hydrogen) atoms. The monoisotopic (exact) mass is 511 g/mol. The molecule has 3 aromatic rings. The van der Waals surface area contributed by atoms with Gasteiger partial charge in [0, 0.05) is 36.6 Å². The molecule has 9 nitrogen and oxygen atoms in total. The van der Waals surface area contributed by atoms with Gasteiger partial charge in [0.05, 0.1) is 44.3 Å². The molecule has 1 amide bonds. The Morgan fingerprint density at radius 1 is 1.03 bits per heavy atom. The van der Waals surface area contributed by atoms with Gasteiger partial charge in [-0.3, -0.25) is 9.59 Å². The molecule has 1 N–H and O–H groups in total. The molecule has 1 aliphatic heterocycles. The smallest absolute Gasteiger partial charge is 0.295 e. The summed E-state index contributed by atoms with van der Waals surface area (Å²) in [7, 11) is 4.50. The molecule has 1 aliphatic rings. The summed E-state index contributed by atoms with van der Waals surface area (Å²) in [6.45, 7) is 0.854. The molecule has 0 aliphatic carbocycles. The maximum absolute atomic E-state index is 13.3. The maximum Gasteiger partial charge on any atom is 0.295 e. The van der Waals surface area contributed by atoms with Crippen LogP contribution in [0, 0.1) is 0 Å². The summed E-state index contributed by atoms with van der Waals surface area (Å²) < 4.78 is 18.0. The standard InChI is InChI=1S/C26H26ClN3O6/c1-34-17-6-8-20(35-2)18(14-17)23-22(24(31)16-5-7-21(36-3)19(27)13-16)25(32)26(33)30(23)11-4-10-29-12-9-28-15-29/h5-9,12-15,23,31H,4,10-11H2,1-3H3/b24-22-. The first-order chi connectivity index (χ1) is 17.4. The second-order valence-corrected chi connectivity index (χ2v) is 8.51. The number of Topliss-reactive ketones (excluding diaryl/α,β-unsaturated/α-hetero) is 1. The first-order valence-corrected chi connectivity index (χ1v) is 11.6. The van der Waals surface area contributed by atoms with E-state index in [1.54, 1.807) is 42.9 Å². The highest BCUT2D eigenvalue weighted by molar-refractivity contribution is 6.46. The summed E-state index contributed by atoms with van der Waals surface area (Å²) in [5, 5.41) is 11.6. The van der Waals surface area contributed by atoms with Crippen molar-refractivity contribution in [1.29, 1.82) is 0 Å². The highest BCUT2D eigenvalue weighted by Gasteiger charge is 2.47. The van der Waals surface area contributed by atoms with Crippen LogP contribution in [0.1, 0.15) is 23.6 Å². The number of ether oxygens (including phenoxy) is 3. The zero-order valence-corrected chi connectivity index (χ0v) is 20.9. The Bertz CT molecular complexity index is 1310. The van der Waals surface area contributed by atoms with Crippen molar-refractivity contribution in [2.75, 3.05) is 27.9 Å². The number of amides is 1. The van der Waals surface area contributed by atoms with Crippen LogP contribution < -0.4 is 14.2 Å². The number of aryl methyl sites for hydroxylation is 1. The van der Waals surface area contributed by atoms with E-state index < -0.39 is 17.7 Å². The van der Waals surface area contributed by atoms with Crippen LogP contribution in [0.15, 0.2) is 60.7 Å². The highest BCUT2D eigenvalue weighted by Crippen LogP contribution is 2.44. The molecule has 1 saturated heterocycles. The highest BCUT2D eigenvalue weighted by atomic mass is 35.5. The fourth-order valence-corrected chi connectivity index (χ4v) is 4.56. The van der Waals surface area contributed by atoms with Crippen molar-refractivity contribution in [3.8, 4) is 17.2 Å². The predicted octanol–water partition coefficient (Wildman–Crippen LogP) is 4.07. The Morgan fingerprint density at radius 3 is 2.42 bits per heavy atom. The lowest BCUT2D eigenvalue weighted by atomic mass is 9.94. The largest absolute Gasteiger partial charge is 0.507 e. The van der Waals surface area contributed by atoms with E-state index in [0.29, 0.717) is 35.8 Å². The van der Waals surface area contributed by atoms with Crippen molar-refractivity contribution in [3.63, 3.8) is 0 Å². The van der Waals surface area contributed by atoms with Crippen molar-refractivity contribution in [3.05, 3.63) is 76.8 Å². The molecule has 0 radical (unpaired) electrons. The Morgan fingerprint density at radius 2 is 1.78 bits per heavy atom. The molecule has 0 saturated carbocycles. The number of imidazole rings is 1. The number of halogens is 1. The van der Waals surface area contributed by atoms with Crippen molar-refractivity contribution in [2.45, 2.75) is 19.0 Å². The quantitative estimate of drug-likeness (QED) is 0.262. The summed E-state index contributed by atoms with van der Waals surface area (Å²) in [5.74, 6) is -0.471. The zero-order valence-electron chi connectivity index (χ0n) is 20.1. The van der Waals surface area contributed by atoms with Gasteiger partial charge in [0.2, 0.25) is 0 Å². The van der Waals surface area contributed by atoms with Crippen molar-refractivity contribution < 1.29 is 28.9 Å². The minimum absolute atomic E-state index is 0.0598. The summed E-state index contributed by atoms with van der Waals surface area (Å²) in [6.07, 6.45) is 5.74. The molecule has 1 fully saturated rings. The Labute approximate surface area is 213 Å². The normalized spacial score (nSPS) is 16.9. The van der Waals surface area contributed by atoms with Crippen LogP contribution in [0.25, 0.3) is 5.76 Å². The van der Waals surface area contributed by atoms with Crippen LogP contribution in [0.5, 0.6) is 17.2 Å². The minimum atomic E-state index is -0.904. The third-order valence-electron chi connectivity index (χ3n) is 6.07. The molecule has 2 heterocycles. The third kappa shape index (κ3) is 4.74. The van der Waals surface area contributed by atoms with Gasteiger partial charge in [-0.05, 0) is 42.8 Å². The molecular formula is C26H26ClN3O6. The number of likely N-dealkylation sites (tertiary alicyclic amines) is 1. The number of methoxy groups -OCH3 is 3. The minimum Gasteiger partial charge on any atom is -0.507 e. The van der Waals surface area contributed by atoms with Crippen LogP contribution in [-0.4, -0.2) is 59.1 Å². The number of hydrogen-bond acceptors (Lipinski definition) is 7. The number of aliphatic hydroxyl groups is 1. The van der Waals surface area contributed by atoms with Crippen molar-refractivity contribution >= 4 is 29.1 Å². The van der Waals surface area contributed by atoms with E-state index in [9.17, 15) is 14.7 Å². The van der Waals surface area contributed by atoms with Gasteiger partial charge in [-0.1, -0.05) is 11.6 Å². The molecule has 1 atom stereocenters. The van der Waals surface area contributed by atoms with E-state index in [4.69, 9.17) is 25.8 Å². The van der Waals surface area contributed by atoms with Gasteiger partial charge < -0.3 is 28.8 Å². The average molecular weight is 512 g/mol. The zero-order chi connectivity index (χ0) is 25.8. The lowest BCUT2D eigenvalue weighted by molar-refractivity contribution is -0.140. The second kappa shape index (κ2) is 10.7. The number of aliphatic hydroxyl groups excluding tert-OH is 1. The topological polar surface area (TPSA) is 103 Å². The molecule has 188 valence electrons. The summed E-state index contributed by atoms with van der Waals surface area (Å²) in [4.78, 5) is 32.0. The van der Waals surface area contributed by atoms with Crippen LogP contribution in [0.4, 0.5) is 0 Å². The first kappa shape index (κ1) is 25.1. The lowest BCUT2D eigenvalue weighted by Crippen LogP contribution is -2.31. The van der Waals surface area contributed by atoms with Gasteiger partial charge in [-0.2, -0.15) is 0 Å². The molecule has 10 heteroatoms. The van der Waals surface area contributed by atoms with E-state index >= 15 is 0 Å². The van der Waals surface area contributed by atoms with Crippen LogP contribution in [0.2, 0.25) is 5.02 Å². The number of ketones is 1. The third-order valence-corrected chi connectivity index (χ3v) is 6.37. The van der Waals surface area contributed by atoms with Crippen LogP contribution >= 0.6 is 11.6 Å². The summed E-state index contributed by atoms with van der Waals surface area (Å²) >= 11 is 6.27. The Kier molecular flexibility index (Phi) is 7.49. The fraction of sp³-hybridized carbons (Fsp3) is 0.269. The number of carbonyl (C=O) groups excluding carboxylic acids is 2. The van der Waals surface area contributed by atoms with E-state index in [0.717, 1.165) is 0 Å². The number of nitrogens with zero attached hydrogens (tertiary/aromatic N) is 3.